The van der Waals surface area contributed by atoms with Crippen LogP contribution in [0.4, 0.5) is 10.5 Å². The van der Waals surface area contributed by atoms with E-state index in [4.69, 9.17) is 4.74 Å². The summed E-state index contributed by atoms with van der Waals surface area (Å²) in [5.41, 5.74) is 2.39. The number of ether oxygens (including phenoxy) is 1. The van der Waals surface area contributed by atoms with Gasteiger partial charge in [-0.3, -0.25) is 10.1 Å². The lowest BCUT2D eigenvalue weighted by atomic mass is 10.1. The number of aryl methyl sites for hydroxylation is 2. The minimum absolute atomic E-state index is 0.188. The third kappa shape index (κ3) is 4.32. The molecule has 0 bridgehead atoms. The van der Waals surface area contributed by atoms with Gasteiger partial charge in [0.1, 0.15) is 12.0 Å². The molecule has 1 fully saturated rings. The number of nitrogens with zero attached hydrogens (tertiary/aromatic N) is 1. The maximum absolute atomic E-state index is 12.4. The number of hydrogen-bond donors (Lipinski definition) is 2. The molecular formula is C25H20N2O4S3. The lowest BCUT2D eigenvalue weighted by Crippen LogP contribution is -2.17. The molecule has 1 aliphatic rings. The number of aliphatic carboxylic acids is 1. The highest BCUT2D eigenvalue weighted by Crippen LogP contribution is 2.52. The van der Waals surface area contributed by atoms with E-state index in [1.807, 2.05) is 50.2 Å². The second kappa shape index (κ2) is 8.87. The van der Waals surface area contributed by atoms with E-state index in [2.05, 4.69) is 21.5 Å². The number of benzene rings is 1. The summed E-state index contributed by atoms with van der Waals surface area (Å²) >= 11 is 4.36. The van der Waals surface area contributed by atoms with E-state index in [1.54, 1.807) is 22.7 Å². The molecule has 0 atom stereocenters. The van der Waals surface area contributed by atoms with Crippen molar-refractivity contribution in [2.75, 3.05) is 5.32 Å². The largest absolute Gasteiger partial charge is 0.481 e. The monoisotopic (exact) mass is 508 g/mol. The van der Waals surface area contributed by atoms with E-state index < -0.39 is 17.5 Å². The second-order valence-electron chi connectivity index (χ2n) is 8.19. The van der Waals surface area contributed by atoms with Gasteiger partial charge < -0.3 is 9.84 Å². The van der Waals surface area contributed by atoms with Crippen molar-refractivity contribution < 1.29 is 19.4 Å². The van der Waals surface area contributed by atoms with Crippen molar-refractivity contribution >= 4 is 61.4 Å². The smallest absolute Gasteiger partial charge is 0.412 e. The lowest BCUT2D eigenvalue weighted by molar-refractivity contribution is -0.139. The number of aromatic nitrogens is 1. The number of nitrogens with one attached hydrogen (secondary N) is 1. The molecular weight excluding hydrogens is 488 g/mol. The number of thiophene rings is 2. The first-order valence-corrected chi connectivity index (χ1v) is 13.0. The second-order valence-corrected chi connectivity index (χ2v) is 11.5. The highest BCUT2D eigenvalue weighted by Gasteiger charge is 2.53. The van der Waals surface area contributed by atoms with Gasteiger partial charge in [0.15, 0.2) is 5.69 Å². The summed E-state index contributed by atoms with van der Waals surface area (Å²) < 4.78 is 10.8. The predicted molar refractivity (Wildman–Crippen MR) is 136 cm³/mol. The van der Waals surface area contributed by atoms with Gasteiger partial charge in [-0.2, -0.15) is 4.37 Å². The Morgan fingerprint density at radius 2 is 1.97 bits per heavy atom. The predicted octanol–water partition coefficient (Wildman–Crippen LogP) is 6.30. The molecule has 1 saturated carbocycles. The van der Waals surface area contributed by atoms with Crippen LogP contribution < -0.4 is 5.32 Å². The van der Waals surface area contributed by atoms with Crippen molar-refractivity contribution in [3.8, 4) is 11.8 Å². The molecule has 0 spiro atoms. The Bertz CT molecular complexity index is 1450. The maximum Gasteiger partial charge on any atom is 0.412 e. The molecule has 0 aliphatic heterocycles. The van der Waals surface area contributed by atoms with Crippen molar-refractivity contribution in [1.82, 2.24) is 4.37 Å². The number of carboxylic acid groups (broad SMARTS) is 1. The van der Waals surface area contributed by atoms with Crippen molar-refractivity contribution in [3.63, 3.8) is 0 Å². The molecule has 0 radical (unpaired) electrons. The van der Waals surface area contributed by atoms with Gasteiger partial charge in [-0.15, -0.1) is 22.7 Å². The van der Waals surface area contributed by atoms with Crippen molar-refractivity contribution in [2.24, 2.45) is 0 Å². The van der Waals surface area contributed by atoms with E-state index in [-0.39, 0.29) is 6.61 Å². The molecule has 2 N–H and O–H groups in total. The Hall–Kier alpha value is -3.19. The zero-order chi connectivity index (χ0) is 23.9. The highest BCUT2D eigenvalue weighted by atomic mass is 32.2. The van der Waals surface area contributed by atoms with Gasteiger partial charge in [0, 0.05) is 15.1 Å². The third-order valence-corrected chi connectivity index (χ3v) is 9.12. The highest BCUT2D eigenvalue weighted by molar-refractivity contribution is 7.38. The van der Waals surface area contributed by atoms with Gasteiger partial charge in [-0.25, -0.2) is 4.79 Å². The van der Waals surface area contributed by atoms with Crippen LogP contribution in [0, 0.1) is 25.7 Å². The molecule has 6 nitrogen and oxygen atoms in total. The number of amides is 1. The quantitative estimate of drug-likeness (QED) is 0.309. The molecule has 0 saturated heterocycles. The molecule has 3 aromatic heterocycles. The fourth-order valence-corrected chi connectivity index (χ4v) is 6.75. The molecule has 3 heterocycles. The Balaban J connectivity index is 1.29. The summed E-state index contributed by atoms with van der Waals surface area (Å²) in [6.45, 7) is 4.04. The third-order valence-electron chi connectivity index (χ3n) is 5.86. The molecule has 9 heteroatoms. The Kier molecular flexibility index (Phi) is 5.90. The number of carbonyl (C=O) groups excluding carboxylic acids is 1. The van der Waals surface area contributed by atoms with Gasteiger partial charge in [-0.05, 0) is 73.3 Å². The van der Waals surface area contributed by atoms with E-state index in [9.17, 15) is 14.7 Å². The summed E-state index contributed by atoms with van der Waals surface area (Å²) in [7, 11) is 0. The fraction of sp³-hybridized carbons (Fsp3) is 0.240. The zero-order valence-corrected chi connectivity index (χ0v) is 20.9. The van der Waals surface area contributed by atoms with Crippen LogP contribution in [0.2, 0.25) is 0 Å². The minimum Gasteiger partial charge on any atom is -0.481 e. The molecule has 5 rings (SSSR count). The van der Waals surface area contributed by atoms with Crippen LogP contribution in [0.3, 0.4) is 0 Å². The first-order chi connectivity index (χ1) is 16.4. The molecule has 0 unspecified atom stereocenters. The molecule has 4 aromatic rings. The topological polar surface area (TPSA) is 88.5 Å². The maximum atomic E-state index is 12.4. The standard InChI is InChI=1S/C25H20N2O4S3/c1-14-5-3-4-6-16(14)13-31-24(30)26-21-15(2)34-27-19(21)8-7-18-11-17-12-20(33-22(17)32-18)25(9-10-25)23(28)29/h3-6,11-12H,9-10,13H2,1-2H3,(H,26,30)(H,28,29). The van der Waals surface area contributed by atoms with E-state index in [0.29, 0.717) is 24.2 Å². The molecule has 34 heavy (non-hydrogen) atoms. The van der Waals surface area contributed by atoms with Gasteiger partial charge >= 0.3 is 12.1 Å². The van der Waals surface area contributed by atoms with Crippen molar-refractivity contribution in [2.45, 2.75) is 38.7 Å². The van der Waals surface area contributed by atoms with Crippen LogP contribution in [0.5, 0.6) is 0 Å². The summed E-state index contributed by atoms with van der Waals surface area (Å²) in [6, 6.07) is 11.7. The van der Waals surface area contributed by atoms with Crippen LogP contribution in [-0.4, -0.2) is 21.5 Å². The van der Waals surface area contributed by atoms with Crippen LogP contribution in [-0.2, 0) is 21.6 Å². The summed E-state index contributed by atoms with van der Waals surface area (Å²) in [5.74, 6) is 5.46. The van der Waals surface area contributed by atoms with Crippen LogP contribution in [0.25, 0.3) is 9.40 Å². The van der Waals surface area contributed by atoms with Crippen LogP contribution in [0.15, 0.2) is 36.4 Å². The fourth-order valence-electron chi connectivity index (χ4n) is 3.61. The molecule has 1 aromatic carbocycles. The molecule has 172 valence electrons. The van der Waals surface area contributed by atoms with Gasteiger partial charge in [0.25, 0.3) is 0 Å². The van der Waals surface area contributed by atoms with Gasteiger partial charge in [0.2, 0.25) is 0 Å². The number of hydrogen-bond acceptors (Lipinski definition) is 7. The first-order valence-electron chi connectivity index (χ1n) is 10.6. The average molecular weight is 509 g/mol. The Morgan fingerprint density at radius 1 is 1.18 bits per heavy atom. The van der Waals surface area contributed by atoms with Crippen molar-refractivity contribution in [3.05, 3.63) is 67.9 Å². The van der Waals surface area contributed by atoms with Crippen molar-refractivity contribution in [1.29, 1.82) is 0 Å². The summed E-state index contributed by atoms with van der Waals surface area (Å²) in [4.78, 5) is 26.6. The number of rotatable bonds is 5. The minimum atomic E-state index is -0.738. The van der Waals surface area contributed by atoms with Crippen LogP contribution >= 0.6 is 34.2 Å². The van der Waals surface area contributed by atoms with Gasteiger partial charge in [-0.1, -0.05) is 24.3 Å². The summed E-state index contributed by atoms with van der Waals surface area (Å²) in [5, 5.41) is 13.3. The zero-order valence-electron chi connectivity index (χ0n) is 18.4. The van der Waals surface area contributed by atoms with E-state index in [0.717, 1.165) is 35.2 Å². The van der Waals surface area contributed by atoms with Crippen LogP contribution in [0.1, 0.15) is 44.3 Å². The summed E-state index contributed by atoms with van der Waals surface area (Å²) in [6.07, 6.45) is 0.857. The lowest BCUT2D eigenvalue weighted by Gasteiger charge is -2.08. The number of carbonyl (C=O) groups is 2. The average Bonchev–Trinajstić information content (AvgIpc) is 3.25. The van der Waals surface area contributed by atoms with E-state index >= 15 is 0 Å². The van der Waals surface area contributed by atoms with Gasteiger partial charge in [0.05, 0.1) is 14.6 Å². The Morgan fingerprint density at radius 3 is 2.68 bits per heavy atom. The molecule has 1 amide bonds. The Labute approximate surface area is 208 Å². The van der Waals surface area contributed by atoms with E-state index in [1.165, 1.54) is 11.5 Å². The number of fused-ring (bicyclic) bond motifs is 1. The number of carboxylic acids is 1. The first kappa shape index (κ1) is 22.6. The SMILES string of the molecule is Cc1ccccc1COC(=O)Nc1c(C#Cc2cc3cc(C4(C(=O)O)CC4)sc3s2)nsc1C. The number of anilines is 1. The normalized spacial score (nSPS) is 13.8. The molecule has 1 aliphatic carbocycles.